The summed E-state index contributed by atoms with van der Waals surface area (Å²) in [5.74, 6) is 0.719. The number of aromatic nitrogens is 3. The number of anilines is 9. The topological polar surface area (TPSA) is 109 Å². The second kappa shape index (κ2) is 33.4. The van der Waals surface area contributed by atoms with Gasteiger partial charge >= 0.3 is 0 Å². The van der Waals surface area contributed by atoms with Crippen molar-refractivity contribution in [2.75, 3.05) is 14.7 Å². The summed E-state index contributed by atoms with van der Waals surface area (Å²) in [5, 5.41) is 34.2. The van der Waals surface area contributed by atoms with Crippen LogP contribution >= 0.6 is 34.0 Å². The third-order valence-corrected chi connectivity index (χ3v) is 21.2. The Kier molecular flexibility index (Phi) is 22.5. The number of fused-ring (bicyclic) bond motifs is 3. The predicted octanol–water partition coefficient (Wildman–Crippen LogP) is 26.4. The van der Waals surface area contributed by atoms with E-state index in [9.17, 15) is 15.3 Å². The van der Waals surface area contributed by atoms with Gasteiger partial charge in [0.2, 0.25) is 0 Å². The Labute approximate surface area is 658 Å². The normalized spacial score (nSPS) is 10.8. The molecule has 18 rings (SSSR count). The van der Waals surface area contributed by atoms with Crippen molar-refractivity contribution < 1.29 is 54.3 Å². The van der Waals surface area contributed by atoms with Gasteiger partial charge < -0.3 is 30.0 Å². The minimum Gasteiger partial charge on any atom is -0.507 e. The molecule has 0 spiro atoms. The first-order chi connectivity index (χ1) is 51.8. The summed E-state index contributed by atoms with van der Waals surface area (Å²) in [4.78, 5) is 20.9. The fraction of sp³-hybridized carbons (Fsp3) is 0. The van der Waals surface area contributed by atoms with Crippen LogP contribution in [0, 0.1) is 0 Å². The molecule has 0 aliphatic heterocycles. The Morgan fingerprint density at radius 2 is 0.383 bits per heavy atom. The van der Waals surface area contributed by atoms with Gasteiger partial charge in [0.05, 0.1) is 47.3 Å². The number of hydrogen-bond acceptors (Lipinski definition) is 12. The Balaban J connectivity index is 0.000000133. The average molecular weight is 1540 g/mol. The molecule has 0 fully saturated rings. The van der Waals surface area contributed by atoms with Gasteiger partial charge in [0.25, 0.3) is 0 Å². The van der Waals surface area contributed by atoms with E-state index in [0.29, 0.717) is 0 Å². The summed E-state index contributed by atoms with van der Waals surface area (Å²) in [5.41, 5.74) is 21.3. The zero-order valence-electron chi connectivity index (χ0n) is 58.0. The predicted molar refractivity (Wildman–Crippen MR) is 441 cm³/mol. The van der Waals surface area contributed by atoms with Crippen LogP contribution in [0.5, 0.6) is 17.2 Å². The molecule has 0 radical (unpaired) electrons. The van der Waals surface area contributed by atoms with Crippen LogP contribution in [0.15, 0.2) is 382 Å². The molecule has 508 valence electrons. The van der Waals surface area contributed by atoms with Crippen LogP contribution in [-0.2, 0) is 39.0 Å². The van der Waals surface area contributed by atoms with Crippen molar-refractivity contribution >= 4 is 116 Å². The average Bonchev–Trinajstić information content (AvgIpc) is 1.73. The third kappa shape index (κ3) is 16.1. The molecule has 0 saturated carbocycles. The Hall–Kier alpha value is -12.0. The van der Waals surface area contributed by atoms with Crippen LogP contribution in [0.3, 0.4) is 0 Å². The summed E-state index contributed by atoms with van der Waals surface area (Å²) >= 11 is 4.78. The maximum atomic E-state index is 10.6. The number of para-hydroxylation sites is 9. The van der Waals surface area contributed by atoms with E-state index in [2.05, 4.69) is 251 Å². The molecule has 0 atom stereocenters. The summed E-state index contributed by atoms with van der Waals surface area (Å²) in [6.45, 7) is 0. The van der Waals surface area contributed by atoms with Crippen molar-refractivity contribution in [2.45, 2.75) is 0 Å². The number of phenolic OH excluding ortho intramolecular Hbond substituents is 3. The standard InChI is InChI=1S/3C31H22N2OS.2Zn/c3*34-29-20-17-23(21-27(29)31-32-28-13-7-8-14-30(28)35-31)22-15-18-26(19-16-22)33(24-9-3-1-4-10-24)25-11-5-2-6-12-25;;/h3*1-21,34H;;. The van der Waals surface area contributed by atoms with E-state index in [1.165, 1.54) is 0 Å². The molecule has 0 aliphatic rings. The van der Waals surface area contributed by atoms with Crippen molar-refractivity contribution in [3.8, 4) is 82.3 Å². The SMILES string of the molecule is Oc1ccc(-c2ccc(N(c3ccccc3)c3ccccc3)cc2)cc1-c1nc2ccccc2s1.Oc1ccc(-c2ccc(N(c3ccccc3)c3ccccc3)cc2)cc1-c1nc2ccccc2s1.Oc1ccc(-c2ccc(N(c3ccccc3)c3ccccc3)cc2)cc1-c1nc2ccccc2s1.[Zn].[Zn]. The number of nitrogens with zero attached hydrogens (tertiary/aromatic N) is 6. The minimum atomic E-state index is 0. The van der Waals surface area contributed by atoms with E-state index in [1.807, 2.05) is 127 Å². The van der Waals surface area contributed by atoms with Gasteiger partial charge in [-0.2, -0.15) is 0 Å². The molecule has 0 bridgehead atoms. The van der Waals surface area contributed by atoms with Gasteiger partial charge in [0, 0.05) is 90.1 Å². The van der Waals surface area contributed by atoms with Crippen molar-refractivity contribution in [1.29, 1.82) is 0 Å². The Morgan fingerprint density at radius 1 is 0.196 bits per heavy atom. The monoisotopic (exact) mass is 1540 g/mol. The van der Waals surface area contributed by atoms with Crippen molar-refractivity contribution in [2.24, 2.45) is 0 Å². The Bertz CT molecular complexity index is 5160. The van der Waals surface area contributed by atoms with E-state index in [1.54, 1.807) is 52.2 Å². The van der Waals surface area contributed by atoms with Crippen LogP contribution < -0.4 is 14.7 Å². The third-order valence-electron chi connectivity index (χ3n) is 18.0. The number of benzene rings is 15. The molecule has 0 aliphatic carbocycles. The maximum absolute atomic E-state index is 10.6. The molecule has 3 N–H and O–H groups in total. The number of hydrogen-bond donors (Lipinski definition) is 3. The fourth-order valence-electron chi connectivity index (χ4n) is 12.8. The van der Waals surface area contributed by atoms with E-state index in [4.69, 9.17) is 15.0 Å². The number of aromatic hydroxyl groups is 3. The van der Waals surface area contributed by atoms with Crippen LogP contribution in [0.4, 0.5) is 51.2 Å². The van der Waals surface area contributed by atoms with Gasteiger partial charge in [-0.25, -0.2) is 15.0 Å². The van der Waals surface area contributed by atoms with E-state index in [-0.39, 0.29) is 56.2 Å². The minimum absolute atomic E-state index is 0. The van der Waals surface area contributed by atoms with Gasteiger partial charge in [-0.05, 0) is 215 Å². The van der Waals surface area contributed by atoms with Gasteiger partial charge in [0.15, 0.2) is 0 Å². The van der Waals surface area contributed by atoms with Gasteiger partial charge in [0.1, 0.15) is 32.3 Å². The van der Waals surface area contributed by atoms with Gasteiger partial charge in [-0.1, -0.05) is 200 Å². The quantitative estimate of drug-likeness (QED) is 0.0865. The zero-order chi connectivity index (χ0) is 70.8. The molecule has 14 heteroatoms. The molecule has 0 saturated heterocycles. The molecule has 0 unspecified atom stereocenters. The second-order valence-corrected chi connectivity index (χ2v) is 27.9. The van der Waals surface area contributed by atoms with Gasteiger partial charge in [-0.3, -0.25) is 0 Å². The first-order valence-electron chi connectivity index (χ1n) is 34.4. The smallest absolute Gasteiger partial charge is 0.128 e. The van der Waals surface area contributed by atoms with Crippen molar-refractivity contribution in [1.82, 2.24) is 15.0 Å². The summed E-state index contributed by atoms with van der Waals surface area (Å²) in [7, 11) is 0. The fourth-order valence-corrected chi connectivity index (χ4v) is 15.8. The molecule has 9 nitrogen and oxygen atoms in total. The molecule has 15 aromatic carbocycles. The number of phenols is 3. The molecule has 18 aromatic rings. The van der Waals surface area contributed by atoms with Crippen molar-refractivity contribution in [3.05, 3.63) is 382 Å². The maximum Gasteiger partial charge on any atom is 0.128 e. The largest absolute Gasteiger partial charge is 0.507 e. The molecule has 3 heterocycles. The van der Waals surface area contributed by atoms with E-state index >= 15 is 0 Å². The van der Waals surface area contributed by atoms with Gasteiger partial charge in [-0.15, -0.1) is 34.0 Å². The van der Waals surface area contributed by atoms with Crippen LogP contribution in [0.2, 0.25) is 0 Å². The van der Waals surface area contributed by atoms with Crippen LogP contribution in [0.1, 0.15) is 0 Å². The molecule has 0 amide bonds. The first kappa shape index (κ1) is 72.0. The first-order valence-corrected chi connectivity index (χ1v) is 36.8. The summed E-state index contributed by atoms with van der Waals surface area (Å²) in [6.07, 6.45) is 0. The second-order valence-electron chi connectivity index (χ2n) is 24.8. The van der Waals surface area contributed by atoms with Crippen LogP contribution in [0.25, 0.3) is 95.7 Å². The Morgan fingerprint density at radius 3 is 0.598 bits per heavy atom. The molecule has 107 heavy (non-hydrogen) atoms. The molecular formula is C93H66N6O3S3Zn2. The molecular weight excluding hydrogens is 1480 g/mol. The van der Waals surface area contributed by atoms with Crippen molar-refractivity contribution in [3.63, 3.8) is 0 Å². The molecule has 3 aromatic heterocycles. The zero-order valence-corrected chi connectivity index (χ0v) is 66.4. The number of thiazole rings is 3. The van der Waals surface area contributed by atoms with E-state index < -0.39 is 0 Å². The van der Waals surface area contributed by atoms with Crippen LogP contribution in [-0.4, -0.2) is 30.3 Å². The number of rotatable bonds is 15. The summed E-state index contributed by atoms with van der Waals surface area (Å²) in [6, 6.07) is 129. The van der Waals surface area contributed by atoms with E-state index in [0.717, 1.165) is 147 Å². The summed E-state index contributed by atoms with van der Waals surface area (Å²) < 4.78 is 3.33.